The Balaban J connectivity index is 2.34. The van der Waals surface area contributed by atoms with Crippen molar-refractivity contribution in [2.24, 2.45) is 11.7 Å². The summed E-state index contributed by atoms with van der Waals surface area (Å²) in [6.07, 6.45) is 2.35. The number of rotatable bonds is 2. The van der Waals surface area contributed by atoms with Gasteiger partial charge in [0.15, 0.2) is 0 Å². The minimum Gasteiger partial charge on any atom is -0.367 e. The van der Waals surface area contributed by atoms with Crippen LogP contribution in [0.3, 0.4) is 0 Å². The van der Waals surface area contributed by atoms with Crippen LogP contribution in [0.1, 0.15) is 30.9 Å². The topological polar surface area (TPSA) is 53.0 Å². The summed E-state index contributed by atoms with van der Waals surface area (Å²) >= 11 is 0. The Hall–Kier alpha value is -1.53. The van der Waals surface area contributed by atoms with Gasteiger partial charge in [0.25, 0.3) is 0 Å². The van der Waals surface area contributed by atoms with E-state index in [1.165, 1.54) is 12.0 Å². The number of nitrogens with zero attached hydrogens (tertiary/aromatic N) is 2. The quantitative estimate of drug-likeness (QED) is 0.868. The van der Waals surface area contributed by atoms with Crippen molar-refractivity contribution in [3.05, 3.63) is 29.3 Å². The Morgan fingerprint density at radius 3 is 2.89 bits per heavy atom. The largest absolute Gasteiger partial charge is 0.367 e. The third-order valence-electron chi connectivity index (χ3n) is 3.90. The number of piperidine rings is 1. The number of nitriles is 1. The minimum absolute atomic E-state index is 0.488. The molecule has 0 aromatic heterocycles. The van der Waals surface area contributed by atoms with Crippen molar-refractivity contribution in [3.8, 4) is 6.07 Å². The Labute approximate surface area is 109 Å². The lowest BCUT2D eigenvalue weighted by molar-refractivity contribution is 0.374. The van der Waals surface area contributed by atoms with Gasteiger partial charge in [0.1, 0.15) is 6.07 Å². The molecule has 2 rings (SSSR count). The lowest BCUT2D eigenvalue weighted by atomic mass is 9.92. The van der Waals surface area contributed by atoms with Crippen LogP contribution in [0.5, 0.6) is 0 Å². The molecule has 1 saturated heterocycles. The standard InChI is InChI=1S/C15H21N3/c1-11-3-6-14(9-17)15(7-11)18-10-13(8-16)5-4-12(18)2/h3,6-7,12-13H,4-5,8,10,16H2,1-2H3. The number of benzene rings is 1. The predicted molar refractivity (Wildman–Crippen MR) is 74.5 cm³/mol. The SMILES string of the molecule is Cc1ccc(C#N)c(N2CC(CN)CCC2C)c1. The maximum Gasteiger partial charge on any atom is 0.101 e. The van der Waals surface area contributed by atoms with Gasteiger partial charge in [0, 0.05) is 12.6 Å². The van der Waals surface area contributed by atoms with Gasteiger partial charge in [-0.25, -0.2) is 0 Å². The second kappa shape index (κ2) is 5.41. The molecule has 3 heteroatoms. The van der Waals surface area contributed by atoms with Gasteiger partial charge < -0.3 is 10.6 Å². The third-order valence-corrected chi connectivity index (χ3v) is 3.90. The highest BCUT2D eigenvalue weighted by molar-refractivity contribution is 5.61. The van der Waals surface area contributed by atoms with E-state index in [2.05, 4.69) is 30.9 Å². The molecule has 0 spiro atoms. The molecular weight excluding hydrogens is 222 g/mol. The van der Waals surface area contributed by atoms with Crippen LogP contribution in [-0.2, 0) is 0 Å². The van der Waals surface area contributed by atoms with E-state index in [0.717, 1.165) is 30.8 Å². The molecule has 1 aliphatic heterocycles. The summed E-state index contributed by atoms with van der Waals surface area (Å²) in [5.41, 5.74) is 8.84. The van der Waals surface area contributed by atoms with E-state index in [1.54, 1.807) is 0 Å². The zero-order chi connectivity index (χ0) is 13.1. The van der Waals surface area contributed by atoms with Gasteiger partial charge in [-0.05, 0) is 56.8 Å². The van der Waals surface area contributed by atoms with Crippen molar-refractivity contribution in [3.63, 3.8) is 0 Å². The second-order valence-electron chi connectivity index (χ2n) is 5.31. The van der Waals surface area contributed by atoms with Crippen molar-refractivity contribution in [2.45, 2.75) is 32.7 Å². The molecule has 1 aromatic rings. The highest BCUT2D eigenvalue weighted by atomic mass is 15.2. The van der Waals surface area contributed by atoms with Gasteiger partial charge in [-0.3, -0.25) is 0 Å². The highest BCUT2D eigenvalue weighted by Crippen LogP contribution is 2.30. The summed E-state index contributed by atoms with van der Waals surface area (Å²) in [6.45, 7) is 6.00. The zero-order valence-corrected chi connectivity index (χ0v) is 11.2. The van der Waals surface area contributed by atoms with Crippen LogP contribution in [0.2, 0.25) is 0 Å². The van der Waals surface area contributed by atoms with Crippen LogP contribution < -0.4 is 10.6 Å². The first-order chi connectivity index (χ1) is 8.65. The van der Waals surface area contributed by atoms with Crippen LogP contribution in [0.25, 0.3) is 0 Å². The molecule has 2 atom stereocenters. The Kier molecular flexibility index (Phi) is 3.88. The number of anilines is 1. The minimum atomic E-state index is 0.488. The summed E-state index contributed by atoms with van der Waals surface area (Å²) in [5.74, 6) is 0.549. The fraction of sp³-hybridized carbons (Fsp3) is 0.533. The molecule has 1 aromatic carbocycles. The fourth-order valence-electron chi connectivity index (χ4n) is 2.68. The first-order valence-electron chi connectivity index (χ1n) is 6.63. The maximum absolute atomic E-state index is 9.25. The van der Waals surface area contributed by atoms with Crippen LogP contribution in [0.4, 0.5) is 5.69 Å². The predicted octanol–water partition coefficient (Wildman–Crippen LogP) is 2.43. The molecule has 0 saturated carbocycles. The van der Waals surface area contributed by atoms with Gasteiger partial charge in [-0.2, -0.15) is 5.26 Å². The van der Waals surface area contributed by atoms with E-state index >= 15 is 0 Å². The first kappa shape index (κ1) is 12.9. The average molecular weight is 243 g/mol. The number of aryl methyl sites for hydroxylation is 1. The molecule has 96 valence electrons. The highest BCUT2D eigenvalue weighted by Gasteiger charge is 2.26. The zero-order valence-electron chi connectivity index (χ0n) is 11.2. The Morgan fingerprint density at radius 2 is 2.22 bits per heavy atom. The van der Waals surface area contributed by atoms with Crippen LogP contribution in [0.15, 0.2) is 18.2 Å². The lowest BCUT2D eigenvalue weighted by Crippen LogP contribution is -2.44. The van der Waals surface area contributed by atoms with Crippen molar-refractivity contribution < 1.29 is 0 Å². The Morgan fingerprint density at radius 1 is 1.44 bits per heavy atom. The number of hydrogen-bond donors (Lipinski definition) is 1. The van der Waals surface area contributed by atoms with Gasteiger partial charge in [-0.1, -0.05) is 6.07 Å². The van der Waals surface area contributed by atoms with Crippen LogP contribution in [0, 0.1) is 24.2 Å². The molecule has 2 N–H and O–H groups in total. The van der Waals surface area contributed by atoms with Crippen molar-refractivity contribution in [2.75, 3.05) is 18.0 Å². The molecule has 0 bridgehead atoms. The summed E-state index contributed by atoms with van der Waals surface area (Å²) in [7, 11) is 0. The molecule has 1 fully saturated rings. The van der Waals surface area contributed by atoms with Crippen LogP contribution >= 0.6 is 0 Å². The summed E-state index contributed by atoms with van der Waals surface area (Å²) in [4.78, 5) is 2.35. The third kappa shape index (κ3) is 2.49. The summed E-state index contributed by atoms with van der Waals surface area (Å²) in [5, 5.41) is 9.25. The summed E-state index contributed by atoms with van der Waals surface area (Å²) < 4.78 is 0. The van der Waals surface area contributed by atoms with Crippen LogP contribution in [-0.4, -0.2) is 19.1 Å². The smallest absolute Gasteiger partial charge is 0.101 e. The van der Waals surface area contributed by atoms with Crippen molar-refractivity contribution in [1.82, 2.24) is 0 Å². The van der Waals surface area contributed by atoms with E-state index in [4.69, 9.17) is 5.73 Å². The lowest BCUT2D eigenvalue weighted by Gasteiger charge is -2.40. The first-order valence-corrected chi connectivity index (χ1v) is 6.63. The monoisotopic (exact) mass is 243 g/mol. The molecule has 1 heterocycles. The van der Waals surface area contributed by atoms with Crippen molar-refractivity contribution in [1.29, 1.82) is 5.26 Å². The molecule has 3 nitrogen and oxygen atoms in total. The maximum atomic E-state index is 9.25. The Bertz CT molecular complexity index is 461. The fourth-order valence-corrected chi connectivity index (χ4v) is 2.68. The molecule has 0 amide bonds. The van der Waals surface area contributed by atoms with Gasteiger partial charge in [0.2, 0.25) is 0 Å². The normalized spacial score (nSPS) is 23.8. The second-order valence-corrected chi connectivity index (χ2v) is 5.31. The van der Waals surface area contributed by atoms with Gasteiger partial charge in [0.05, 0.1) is 11.3 Å². The molecule has 1 aliphatic rings. The molecule has 0 radical (unpaired) electrons. The molecule has 18 heavy (non-hydrogen) atoms. The average Bonchev–Trinajstić information content (AvgIpc) is 2.39. The number of hydrogen-bond acceptors (Lipinski definition) is 3. The van der Waals surface area contributed by atoms with E-state index in [9.17, 15) is 5.26 Å². The van der Waals surface area contributed by atoms with E-state index in [1.807, 2.05) is 12.1 Å². The summed E-state index contributed by atoms with van der Waals surface area (Å²) in [6, 6.07) is 8.82. The van der Waals surface area contributed by atoms with Crippen molar-refractivity contribution >= 4 is 5.69 Å². The van der Waals surface area contributed by atoms with E-state index in [-0.39, 0.29) is 0 Å². The van der Waals surface area contributed by atoms with E-state index in [0.29, 0.717) is 12.0 Å². The van der Waals surface area contributed by atoms with E-state index < -0.39 is 0 Å². The molecule has 2 unspecified atom stereocenters. The van der Waals surface area contributed by atoms with Gasteiger partial charge >= 0.3 is 0 Å². The van der Waals surface area contributed by atoms with Gasteiger partial charge in [-0.15, -0.1) is 0 Å². The molecular formula is C15H21N3. The molecule has 0 aliphatic carbocycles. The number of nitrogens with two attached hydrogens (primary N) is 1.